The first-order chi connectivity index (χ1) is 11.6. The maximum absolute atomic E-state index is 12.4. The van der Waals surface area contributed by atoms with Crippen LogP contribution in [-0.4, -0.2) is 28.6 Å². The van der Waals surface area contributed by atoms with E-state index in [0.717, 1.165) is 24.9 Å². The smallest absolute Gasteiger partial charge is 0.248 e. The van der Waals surface area contributed by atoms with Gasteiger partial charge in [-0.3, -0.25) is 4.79 Å². The van der Waals surface area contributed by atoms with Crippen LogP contribution in [-0.2, 0) is 11.2 Å². The summed E-state index contributed by atoms with van der Waals surface area (Å²) in [7, 11) is 0. The zero-order chi connectivity index (χ0) is 16.9. The summed E-state index contributed by atoms with van der Waals surface area (Å²) in [5.74, 6) is 1.21. The summed E-state index contributed by atoms with van der Waals surface area (Å²) in [4.78, 5) is 16.8. The van der Waals surface area contributed by atoms with Gasteiger partial charge in [-0.1, -0.05) is 35.5 Å². The second-order valence-electron chi connectivity index (χ2n) is 6.52. The van der Waals surface area contributed by atoms with Crippen molar-refractivity contribution >= 4 is 5.91 Å². The first-order valence-electron chi connectivity index (χ1n) is 8.52. The number of amides is 1. The van der Waals surface area contributed by atoms with Gasteiger partial charge in [0.25, 0.3) is 0 Å². The van der Waals surface area contributed by atoms with Gasteiger partial charge in [0, 0.05) is 18.4 Å². The summed E-state index contributed by atoms with van der Waals surface area (Å²) in [6, 6.07) is 10.1. The molecule has 0 spiro atoms. The third kappa shape index (κ3) is 4.20. The first-order valence-corrected chi connectivity index (χ1v) is 8.52. The molecule has 0 saturated carbocycles. The molecule has 6 heteroatoms. The summed E-state index contributed by atoms with van der Waals surface area (Å²) in [6.45, 7) is 4.87. The maximum atomic E-state index is 12.4. The van der Waals surface area contributed by atoms with Crippen molar-refractivity contribution in [2.45, 2.75) is 45.2 Å². The molecule has 0 bridgehead atoms. The molecule has 3 rings (SSSR count). The number of nitrogens with one attached hydrogen (secondary N) is 2. The minimum atomic E-state index is -0.278. The lowest BCUT2D eigenvalue weighted by molar-refractivity contribution is -0.126. The van der Waals surface area contributed by atoms with Gasteiger partial charge >= 0.3 is 0 Å². The van der Waals surface area contributed by atoms with Crippen molar-refractivity contribution < 1.29 is 9.32 Å². The van der Waals surface area contributed by atoms with Crippen molar-refractivity contribution in [1.29, 1.82) is 0 Å². The molecule has 1 aromatic carbocycles. The Morgan fingerprint density at radius 1 is 1.42 bits per heavy atom. The summed E-state index contributed by atoms with van der Waals surface area (Å²) >= 11 is 0. The van der Waals surface area contributed by atoms with Gasteiger partial charge in [-0.05, 0) is 38.8 Å². The van der Waals surface area contributed by atoms with Gasteiger partial charge in [-0.15, -0.1) is 0 Å². The molecule has 3 atom stereocenters. The molecule has 1 fully saturated rings. The van der Waals surface area contributed by atoms with Crippen molar-refractivity contribution in [2.24, 2.45) is 5.92 Å². The summed E-state index contributed by atoms with van der Waals surface area (Å²) < 4.78 is 5.32. The van der Waals surface area contributed by atoms with Crippen LogP contribution in [0.3, 0.4) is 0 Å². The van der Waals surface area contributed by atoms with Crippen molar-refractivity contribution in [3.05, 3.63) is 47.6 Å². The third-order valence-electron chi connectivity index (χ3n) is 4.41. The largest absolute Gasteiger partial charge is 0.344 e. The van der Waals surface area contributed by atoms with Gasteiger partial charge < -0.3 is 15.2 Å². The van der Waals surface area contributed by atoms with Crippen LogP contribution in [0.2, 0.25) is 0 Å². The Kier molecular flexibility index (Phi) is 5.25. The molecule has 6 nitrogen and oxygen atoms in total. The molecule has 2 heterocycles. The highest BCUT2D eigenvalue weighted by Crippen LogP contribution is 2.18. The van der Waals surface area contributed by atoms with E-state index in [0.29, 0.717) is 24.2 Å². The molecule has 1 unspecified atom stereocenters. The Labute approximate surface area is 142 Å². The second kappa shape index (κ2) is 7.57. The van der Waals surface area contributed by atoms with E-state index < -0.39 is 0 Å². The molecule has 1 aliphatic rings. The van der Waals surface area contributed by atoms with Crippen LogP contribution in [0.15, 0.2) is 34.9 Å². The monoisotopic (exact) mass is 328 g/mol. The number of piperidine rings is 1. The van der Waals surface area contributed by atoms with Crippen LogP contribution in [0.4, 0.5) is 0 Å². The highest BCUT2D eigenvalue weighted by molar-refractivity contribution is 5.79. The number of benzene rings is 1. The lowest BCUT2D eigenvalue weighted by atomic mass is 9.92. The van der Waals surface area contributed by atoms with Crippen molar-refractivity contribution in [1.82, 2.24) is 20.8 Å². The normalized spacial score (nSPS) is 22.1. The SMILES string of the molecule is CC(NC(=O)[C@H]1CCN[C@@H](C)C1)c1nc(Cc2ccccc2)no1. The van der Waals surface area contributed by atoms with Gasteiger partial charge in [0.05, 0.1) is 0 Å². The molecule has 1 saturated heterocycles. The van der Waals surface area contributed by atoms with Gasteiger partial charge in [0.2, 0.25) is 11.8 Å². The number of nitrogens with zero attached hydrogens (tertiary/aromatic N) is 2. The lowest BCUT2D eigenvalue weighted by Gasteiger charge is -2.27. The van der Waals surface area contributed by atoms with E-state index in [1.54, 1.807) is 0 Å². The zero-order valence-corrected chi connectivity index (χ0v) is 14.2. The Morgan fingerprint density at radius 2 is 2.21 bits per heavy atom. The molecule has 2 aromatic rings. The fourth-order valence-corrected chi connectivity index (χ4v) is 3.06. The van der Waals surface area contributed by atoms with E-state index >= 15 is 0 Å². The molecule has 1 aliphatic heterocycles. The van der Waals surface area contributed by atoms with Crippen LogP contribution in [0.5, 0.6) is 0 Å². The van der Waals surface area contributed by atoms with Gasteiger partial charge in [-0.25, -0.2) is 0 Å². The number of carbonyl (C=O) groups excluding carboxylic acids is 1. The number of hydrogen-bond acceptors (Lipinski definition) is 5. The van der Waals surface area contributed by atoms with Gasteiger partial charge in [0.1, 0.15) is 6.04 Å². The number of hydrogen-bond donors (Lipinski definition) is 2. The van der Waals surface area contributed by atoms with Crippen molar-refractivity contribution in [3.63, 3.8) is 0 Å². The quantitative estimate of drug-likeness (QED) is 0.880. The molecule has 128 valence electrons. The molecule has 1 aromatic heterocycles. The molecule has 2 N–H and O–H groups in total. The Hall–Kier alpha value is -2.21. The lowest BCUT2D eigenvalue weighted by Crippen LogP contribution is -2.43. The maximum Gasteiger partial charge on any atom is 0.248 e. The van der Waals surface area contributed by atoms with E-state index in [2.05, 4.69) is 27.7 Å². The molecule has 0 aliphatic carbocycles. The second-order valence-corrected chi connectivity index (χ2v) is 6.52. The summed E-state index contributed by atoms with van der Waals surface area (Å²) in [5, 5.41) is 10.4. The fourth-order valence-electron chi connectivity index (χ4n) is 3.06. The fraction of sp³-hybridized carbons (Fsp3) is 0.500. The third-order valence-corrected chi connectivity index (χ3v) is 4.41. The number of carbonyl (C=O) groups is 1. The van der Waals surface area contributed by atoms with E-state index in [9.17, 15) is 4.79 Å². The highest BCUT2D eigenvalue weighted by atomic mass is 16.5. The predicted octanol–water partition coefficient (Wildman–Crippen LogP) is 2.23. The van der Waals surface area contributed by atoms with E-state index in [1.165, 1.54) is 0 Å². The molecule has 24 heavy (non-hydrogen) atoms. The Bertz CT molecular complexity index is 671. The van der Waals surface area contributed by atoms with Crippen molar-refractivity contribution in [2.75, 3.05) is 6.54 Å². The number of aromatic nitrogens is 2. The van der Waals surface area contributed by atoms with E-state index in [-0.39, 0.29) is 17.9 Å². The van der Waals surface area contributed by atoms with Crippen LogP contribution in [0.1, 0.15) is 50.0 Å². The molecule has 1 amide bonds. The van der Waals surface area contributed by atoms with Crippen molar-refractivity contribution in [3.8, 4) is 0 Å². The standard InChI is InChI=1S/C18H24N4O2/c1-12-10-15(8-9-19-12)17(23)20-13(2)18-21-16(22-24-18)11-14-6-4-3-5-7-14/h3-7,12-13,15,19H,8-11H2,1-2H3,(H,20,23)/t12-,13?,15-/m0/s1. The van der Waals surface area contributed by atoms with Crippen LogP contribution in [0, 0.1) is 5.92 Å². The first kappa shape index (κ1) is 16.6. The van der Waals surface area contributed by atoms with Gasteiger partial charge in [0.15, 0.2) is 5.82 Å². The average molecular weight is 328 g/mol. The topological polar surface area (TPSA) is 80.0 Å². The summed E-state index contributed by atoms with van der Waals surface area (Å²) in [6.07, 6.45) is 2.35. The molecule has 0 radical (unpaired) electrons. The van der Waals surface area contributed by atoms with E-state index in [4.69, 9.17) is 4.52 Å². The average Bonchev–Trinajstić information content (AvgIpc) is 3.04. The highest BCUT2D eigenvalue weighted by Gasteiger charge is 2.27. The Balaban J connectivity index is 1.57. The van der Waals surface area contributed by atoms with Crippen LogP contribution < -0.4 is 10.6 Å². The Morgan fingerprint density at radius 3 is 2.96 bits per heavy atom. The number of rotatable bonds is 5. The minimum Gasteiger partial charge on any atom is -0.344 e. The van der Waals surface area contributed by atoms with Crippen LogP contribution >= 0.6 is 0 Å². The zero-order valence-electron chi connectivity index (χ0n) is 14.2. The predicted molar refractivity (Wildman–Crippen MR) is 90.3 cm³/mol. The minimum absolute atomic E-state index is 0.0513. The summed E-state index contributed by atoms with van der Waals surface area (Å²) in [5.41, 5.74) is 1.13. The van der Waals surface area contributed by atoms with Crippen LogP contribution in [0.25, 0.3) is 0 Å². The van der Waals surface area contributed by atoms with Gasteiger partial charge in [-0.2, -0.15) is 4.98 Å². The molecular formula is C18H24N4O2. The van der Waals surface area contributed by atoms with E-state index in [1.807, 2.05) is 37.3 Å². The molecular weight excluding hydrogens is 304 g/mol.